The van der Waals surface area contributed by atoms with E-state index in [1.54, 1.807) is 4.90 Å². The number of ether oxygens (including phenoxy) is 1. The number of nitrogens with two attached hydrogens (primary N) is 1. The summed E-state index contributed by atoms with van der Waals surface area (Å²) in [5, 5.41) is 2.62. The first-order valence-corrected chi connectivity index (χ1v) is 6.90. The van der Waals surface area contributed by atoms with Gasteiger partial charge in [0.2, 0.25) is 0 Å². The molecule has 0 spiro atoms. The second-order valence-electron chi connectivity index (χ2n) is 5.03. The molecule has 1 fully saturated rings. The normalized spacial score (nSPS) is 19.1. The molecular formula is C14H18F3N3O2. The number of nitrogens with one attached hydrogen (secondary N) is 1. The van der Waals surface area contributed by atoms with Crippen LogP contribution < -0.4 is 11.1 Å². The number of rotatable bonds is 3. The standard InChI is InChI=1S/C14H18F3N3O2/c15-14(16,17)11-3-1-2-10(6-11)8-19-13(21)20-4-5-22-12(7-18)9-20/h1-3,6,12H,4-5,7-9,18H2,(H,19,21)/t12-/m0/s1. The van der Waals surface area contributed by atoms with Crippen molar-refractivity contribution in [2.24, 2.45) is 5.73 Å². The number of urea groups is 1. The van der Waals surface area contributed by atoms with Crippen LogP contribution in [0.15, 0.2) is 24.3 Å². The smallest absolute Gasteiger partial charge is 0.373 e. The molecule has 2 rings (SSSR count). The third kappa shape index (κ3) is 4.35. The second kappa shape index (κ2) is 6.97. The van der Waals surface area contributed by atoms with Gasteiger partial charge in [0.25, 0.3) is 0 Å². The van der Waals surface area contributed by atoms with Crippen LogP contribution in [0.25, 0.3) is 0 Å². The van der Waals surface area contributed by atoms with Gasteiger partial charge in [0, 0.05) is 26.2 Å². The highest BCUT2D eigenvalue weighted by molar-refractivity contribution is 5.74. The van der Waals surface area contributed by atoms with E-state index in [1.165, 1.54) is 12.1 Å². The molecule has 1 aliphatic rings. The summed E-state index contributed by atoms with van der Waals surface area (Å²) in [5.41, 5.74) is 5.17. The monoisotopic (exact) mass is 317 g/mol. The van der Waals surface area contributed by atoms with Gasteiger partial charge in [-0.3, -0.25) is 0 Å². The Morgan fingerprint density at radius 1 is 1.45 bits per heavy atom. The Balaban J connectivity index is 1.91. The Bertz CT molecular complexity index is 522. The molecule has 1 aliphatic heterocycles. The van der Waals surface area contributed by atoms with Crippen LogP contribution in [0.1, 0.15) is 11.1 Å². The summed E-state index contributed by atoms with van der Waals surface area (Å²) >= 11 is 0. The molecule has 0 aromatic heterocycles. The molecule has 0 unspecified atom stereocenters. The fraction of sp³-hybridized carbons (Fsp3) is 0.500. The maximum absolute atomic E-state index is 12.6. The number of amides is 2. The highest BCUT2D eigenvalue weighted by Gasteiger charge is 2.30. The SMILES string of the molecule is NC[C@H]1CN(C(=O)NCc2cccc(C(F)(F)F)c2)CCO1. The molecular weight excluding hydrogens is 299 g/mol. The molecule has 3 N–H and O–H groups in total. The first kappa shape index (κ1) is 16.6. The van der Waals surface area contributed by atoms with Crippen molar-refractivity contribution in [3.63, 3.8) is 0 Å². The highest BCUT2D eigenvalue weighted by atomic mass is 19.4. The zero-order chi connectivity index (χ0) is 16.2. The third-order valence-corrected chi connectivity index (χ3v) is 3.39. The number of nitrogens with zero attached hydrogens (tertiary/aromatic N) is 1. The van der Waals surface area contributed by atoms with Gasteiger partial charge in [0.15, 0.2) is 0 Å². The molecule has 122 valence electrons. The van der Waals surface area contributed by atoms with Gasteiger partial charge >= 0.3 is 12.2 Å². The van der Waals surface area contributed by atoms with Crippen molar-refractivity contribution in [1.82, 2.24) is 10.2 Å². The molecule has 1 saturated heterocycles. The minimum absolute atomic E-state index is 0.0351. The molecule has 0 bridgehead atoms. The number of alkyl halides is 3. The Morgan fingerprint density at radius 3 is 2.91 bits per heavy atom. The predicted octanol–water partition coefficient (Wildman–Crippen LogP) is 1.57. The van der Waals surface area contributed by atoms with Gasteiger partial charge in [-0.05, 0) is 17.7 Å². The molecule has 1 aromatic carbocycles. The number of carbonyl (C=O) groups excluding carboxylic acids is 1. The van der Waals surface area contributed by atoms with E-state index in [0.29, 0.717) is 31.8 Å². The number of hydrogen-bond acceptors (Lipinski definition) is 3. The summed E-state index contributed by atoms with van der Waals surface area (Å²) in [6.07, 6.45) is -4.59. The average molecular weight is 317 g/mol. The lowest BCUT2D eigenvalue weighted by Crippen LogP contribution is -2.51. The summed E-state index contributed by atoms with van der Waals surface area (Å²) in [5.74, 6) is 0. The molecule has 0 saturated carbocycles. The second-order valence-corrected chi connectivity index (χ2v) is 5.03. The van der Waals surface area contributed by atoms with Crippen molar-refractivity contribution in [2.75, 3.05) is 26.2 Å². The largest absolute Gasteiger partial charge is 0.416 e. The summed E-state index contributed by atoms with van der Waals surface area (Å²) in [7, 11) is 0. The fourth-order valence-electron chi connectivity index (χ4n) is 2.19. The number of benzene rings is 1. The Morgan fingerprint density at radius 2 is 2.23 bits per heavy atom. The number of morpholine rings is 1. The summed E-state index contributed by atoms with van der Waals surface area (Å²) < 4.78 is 43.2. The van der Waals surface area contributed by atoms with E-state index in [-0.39, 0.29) is 18.7 Å². The van der Waals surface area contributed by atoms with Gasteiger partial charge in [-0.1, -0.05) is 12.1 Å². The maximum atomic E-state index is 12.6. The van der Waals surface area contributed by atoms with E-state index in [9.17, 15) is 18.0 Å². The number of hydrogen-bond donors (Lipinski definition) is 2. The molecule has 1 aromatic rings. The minimum Gasteiger partial charge on any atom is -0.373 e. The molecule has 1 heterocycles. The number of carbonyl (C=O) groups is 1. The molecule has 0 aliphatic carbocycles. The fourth-order valence-corrected chi connectivity index (χ4v) is 2.19. The molecule has 2 amide bonds. The lowest BCUT2D eigenvalue weighted by Gasteiger charge is -2.32. The molecule has 22 heavy (non-hydrogen) atoms. The van der Waals surface area contributed by atoms with Crippen molar-refractivity contribution in [3.05, 3.63) is 35.4 Å². The summed E-state index contributed by atoms with van der Waals surface area (Å²) in [6.45, 7) is 1.57. The quantitative estimate of drug-likeness (QED) is 0.889. The van der Waals surface area contributed by atoms with Crippen molar-refractivity contribution in [2.45, 2.75) is 18.8 Å². The highest BCUT2D eigenvalue weighted by Crippen LogP contribution is 2.29. The topological polar surface area (TPSA) is 67.6 Å². The Kier molecular flexibility index (Phi) is 5.25. The van der Waals surface area contributed by atoms with E-state index < -0.39 is 11.7 Å². The summed E-state index contributed by atoms with van der Waals surface area (Å²) in [4.78, 5) is 13.6. The van der Waals surface area contributed by atoms with Crippen molar-refractivity contribution in [1.29, 1.82) is 0 Å². The van der Waals surface area contributed by atoms with Gasteiger partial charge in [0.1, 0.15) is 0 Å². The van der Waals surface area contributed by atoms with E-state index >= 15 is 0 Å². The summed E-state index contributed by atoms with van der Waals surface area (Å²) in [6, 6.07) is 4.56. The van der Waals surface area contributed by atoms with Gasteiger partial charge in [-0.15, -0.1) is 0 Å². The lowest BCUT2D eigenvalue weighted by atomic mass is 10.1. The minimum atomic E-state index is -4.39. The molecule has 5 nitrogen and oxygen atoms in total. The van der Waals surface area contributed by atoms with Crippen LogP contribution in [0.2, 0.25) is 0 Å². The van der Waals surface area contributed by atoms with Crippen LogP contribution >= 0.6 is 0 Å². The van der Waals surface area contributed by atoms with Crippen LogP contribution in [0.5, 0.6) is 0 Å². The van der Waals surface area contributed by atoms with E-state index in [0.717, 1.165) is 12.1 Å². The third-order valence-electron chi connectivity index (χ3n) is 3.39. The van der Waals surface area contributed by atoms with E-state index in [2.05, 4.69) is 5.32 Å². The molecule has 1 atom stereocenters. The van der Waals surface area contributed by atoms with Gasteiger partial charge in [-0.2, -0.15) is 13.2 Å². The zero-order valence-corrected chi connectivity index (χ0v) is 11.9. The first-order chi connectivity index (χ1) is 10.4. The van der Waals surface area contributed by atoms with Crippen molar-refractivity contribution < 1.29 is 22.7 Å². The lowest BCUT2D eigenvalue weighted by molar-refractivity contribution is -0.137. The molecule has 0 radical (unpaired) electrons. The van der Waals surface area contributed by atoms with Crippen LogP contribution in [0.3, 0.4) is 0 Å². The van der Waals surface area contributed by atoms with E-state index in [4.69, 9.17) is 10.5 Å². The number of halogens is 3. The predicted molar refractivity (Wildman–Crippen MR) is 74.0 cm³/mol. The van der Waals surface area contributed by atoms with Gasteiger partial charge in [0.05, 0.1) is 18.3 Å². The molecule has 8 heteroatoms. The average Bonchev–Trinajstić information content (AvgIpc) is 2.52. The first-order valence-electron chi connectivity index (χ1n) is 6.90. The van der Waals surface area contributed by atoms with E-state index in [1.807, 2.05) is 0 Å². The van der Waals surface area contributed by atoms with Crippen molar-refractivity contribution in [3.8, 4) is 0 Å². The van der Waals surface area contributed by atoms with Crippen LogP contribution in [-0.2, 0) is 17.5 Å². The van der Waals surface area contributed by atoms with Gasteiger partial charge < -0.3 is 20.7 Å². The Hall–Kier alpha value is -1.80. The zero-order valence-electron chi connectivity index (χ0n) is 11.9. The Labute approximate surface area is 126 Å². The van der Waals surface area contributed by atoms with Gasteiger partial charge in [-0.25, -0.2) is 4.79 Å². The maximum Gasteiger partial charge on any atom is 0.416 e. The van der Waals surface area contributed by atoms with Crippen LogP contribution in [0, 0.1) is 0 Å². The van der Waals surface area contributed by atoms with Crippen LogP contribution in [-0.4, -0.2) is 43.3 Å². The van der Waals surface area contributed by atoms with Crippen LogP contribution in [0.4, 0.5) is 18.0 Å². The van der Waals surface area contributed by atoms with Crippen molar-refractivity contribution >= 4 is 6.03 Å².